The van der Waals surface area contributed by atoms with Crippen LogP contribution in [0.25, 0.3) is 0 Å². The molecule has 0 saturated carbocycles. The lowest BCUT2D eigenvalue weighted by atomic mass is 10.1. The number of aryl methyl sites for hydroxylation is 1. The van der Waals surface area contributed by atoms with Gasteiger partial charge in [-0.15, -0.1) is 0 Å². The lowest BCUT2D eigenvalue weighted by Gasteiger charge is -2.23. The van der Waals surface area contributed by atoms with Crippen molar-refractivity contribution in [1.29, 1.82) is 0 Å². The van der Waals surface area contributed by atoms with Crippen molar-refractivity contribution in [2.45, 2.75) is 37.9 Å². The van der Waals surface area contributed by atoms with E-state index in [1.54, 1.807) is 44.1 Å². The highest BCUT2D eigenvalue weighted by Gasteiger charge is 2.29. The Balaban J connectivity index is 1.62. The van der Waals surface area contributed by atoms with Gasteiger partial charge in [-0.3, -0.25) is 9.52 Å². The largest absolute Gasteiger partial charge is 0.496 e. The van der Waals surface area contributed by atoms with Crippen LogP contribution >= 0.6 is 0 Å². The molecule has 0 radical (unpaired) electrons. The number of rotatable bonds is 6. The number of carbonyl (C=O) groups excluding carboxylic acids is 1. The molecule has 9 heteroatoms. The van der Waals surface area contributed by atoms with Gasteiger partial charge in [-0.05, 0) is 55.8 Å². The normalized spacial score (nSPS) is 15.8. The van der Waals surface area contributed by atoms with E-state index < -0.39 is 21.9 Å². The predicted octanol–water partition coefficient (Wildman–Crippen LogP) is 4.25. The minimum Gasteiger partial charge on any atom is -0.496 e. The maximum absolute atomic E-state index is 13.9. The number of halogens is 1. The van der Waals surface area contributed by atoms with Crippen molar-refractivity contribution in [1.82, 2.24) is 4.90 Å². The zero-order valence-corrected chi connectivity index (χ0v) is 19.9. The number of carbonyl (C=O) groups is 1. The number of nitrogens with one attached hydrogen (secondary N) is 1. The number of nitrogens with zero attached hydrogens (tertiary/aromatic N) is 1. The number of sulfonamides is 1. The average Bonchev–Trinajstić information content (AvgIpc) is 2.92. The highest BCUT2D eigenvalue weighted by molar-refractivity contribution is 7.92. The van der Waals surface area contributed by atoms with Gasteiger partial charge in [0, 0.05) is 29.9 Å². The third-order valence-electron chi connectivity index (χ3n) is 5.64. The van der Waals surface area contributed by atoms with Crippen LogP contribution in [0, 0.1) is 12.7 Å². The van der Waals surface area contributed by atoms with Crippen molar-refractivity contribution < 1.29 is 27.1 Å². The Hall–Kier alpha value is -3.59. The molecule has 1 atom stereocenters. The summed E-state index contributed by atoms with van der Waals surface area (Å²) in [6.07, 6.45) is -0.714. The number of methoxy groups -OCH3 is 1. The Morgan fingerprint density at radius 2 is 1.91 bits per heavy atom. The second kappa shape index (κ2) is 9.34. The smallest absolute Gasteiger partial charge is 0.263 e. The van der Waals surface area contributed by atoms with E-state index in [0.29, 0.717) is 29.2 Å². The Bertz CT molecular complexity index is 1340. The summed E-state index contributed by atoms with van der Waals surface area (Å²) in [4.78, 5) is 14.5. The van der Waals surface area contributed by atoms with E-state index in [2.05, 4.69) is 4.72 Å². The molecule has 0 saturated heterocycles. The van der Waals surface area contributed by atoms with E-state index in [1.807, 2.05) is 24.3 Å². The van der Waals surface area contributed by atoms with Crippen LogP contribution < -0.4 is 14.2 Å². The standard InChI is InChI=1S/C25H25FN2O5S/c1-16-8-10-21(13-22(16)26)34(30,31)27-20-9-11-24-19(12-20)15-28(25(29)17(2)33-24)14-18-6-4-5-7-23(18)32-3/h4-13,17,27H,14-15H2,1-3H3. The van der Waals surface area contributed by atoms with Crippen LogP contribution in [0.3, 0.4) is 0 Å². The van der Waals surface area contributed by atoms with Crippen LogP contribution in [0.4, 0.5) is 10.1 Å². The van der Waals surface area contributed by atoms with Gasteiger partial charge in [0.2, 0.25) is 0 Å². The number of amides is 1. The van der Waals surface area contributed by atoms with Crippen LogP contribution in [0.5, 0.6) is 11.5 Å². The van der Waals surface area contributed by atoms with Crippen molar-refractivity contribution in [3.05, 3.63) is 83.2 Å². The molecule has 0 bridgehead atoms. The molecule has 0 fully saturated rings. The van der Waals surface area contributed by atoms with Crippen molar-refractivity contribution in [3.8, 4) is 11.5 Å². The van der Waals surface area contributed by atoms with Gasteiger partial charge >= 0.3 is 0 Å². The molecule has 3 aromatic rings. The van der Waals surface area contributed by atoms with Gasteiger partial charge in [-0.25, -0.2) is 12.8 Å². The van der Waals surface area contributed by atoms with Crippen LogP contribution in [-0.2, 0) is 27.9 Å². The summed E-state index contributed by atoms with van der Waals surface area (Å²) >= 11 is 0. The molecule has 1 heterocycles. The average molecular weight is 485 g/mol. The van der Waals surface area contributed by atoms with Gasteiger partial charge in [0.05, 0.1) is 12.0 Å². The first-order chi connectivity index (χ1) is 16.2. The number of para-hydroxylation sites is 1. The number of benzene rings is 3. The lowest BCUT2D eigenvalue weighted by Crippen LogP contribution is -2.37. The summed E-state index contributed by atoms with van der Waals surface area (Å²) < 4.78 is 53.2. The molecule has 0 aliphatic carbocycles. The SMILES string of the molecule is COc1ccccc1CN1Cc2cc(NS(=O)(=O)c3ccc(C)c(F)c3)ccc2OC(C)C1=O. The fourth-order valence-electron chi connectivity index (χ4n) is 3.79. The molecule has 1 amide bonds. The Kier molecular flexibility index (Phi) is 6.47. The van der Waals surface area contributed by atoms with Crippen molar-refractivity contribution in [2.24, 2.45) is 0 Å². The predicted molar refractivity (Wildman–Crippen MR) is 126 cm³/mol. The first-order valence-corrected chi connectivity index (χ1v) is 12.2. The van der Waals surface area contributed by atoms with Gasteiger partial charge in [-0.2, -0.15) is 0 Å². The molecule has 1 unspecified atom stereocenters. The minimum atomic E-state index is -4.01. The highest BCUT2D eigenvalue weighted by atomic mass is 32.2. The second-order valence-electron chi connectivity index (χ2n) is 8.11. The van der Waals surface area contributed by atoms with Crippen LogP contribution in [0.15, 0.2) is 65.6 Å². The molecule has 7 nitrogen and oxygen atoms in total. The van der Waals surface area contributed by atoms with E-state index in [1.165, 1.54) is 12.1 Å². The third-order valence-corrected chi connectivity index (χ3v) is 7.02. The number of ether oxygens (including phenoxy) is 2. The summed E-state index contributed by atoms with van der Waals surface area (Å²) in [6, 6.07) is 16.0. The molecule has 0 spiro atoms. The molecule has 4 rings (SSSR count). The first-order valence-electron chi connectivity index (χ1n) is 10.7. The quantitative estimate of drug-likeness (QED) is 0.565. The highest BCUT2D eigenvalue weighted by Crippen LogP contribution is 2.31. The first kappa shape index (κ1) is 23.6. The Morgan fingerprint density at radius 3 is 2.65 bits per heavy atom. The summed E-state index contributed by atoms with van der Waals surface area (Å²) in [5.41, 5.74) is 2.12. The van der Waals surface area contributed by atoms with Crippen molar-refractivity contribution >= 4 is 21.6 Å². The maximum Gasteiger partial charge on any atom is 0.263 e. The van der Waals surface area contributed by atoms with Gasteiger partial charge in [-0.1, -0.05) is 24.3 Å². The molecule has 1 aliphatic heterocycles. The lowest BCUT2D eigenvalue weighted by molar-refractivity contribution is -0.138. The molecule has 0 aromatic heterocycles. The van der Waals surface area contributed by atoms with E-state index in [-0.39, 0.29) is 23.0 Å². The molecular weight excluding hydrogens is 459 g/mol. The van der Waals surface area contributed by atoms with E-state index >= 15 is 0 Å². The molecule has 3 aromatic carbocycles. The molecule has 178 valence electrons. The molecule has 1 aliphatic rings. The Morgan fingerprint density at radius 1 is 1.15 bits per heavy atom. The summed E-state index contributed by atoms with van der Waals surface area (Å²) in [6.45, 7) is 3.75. The minimum absolute atomic E-state index is 0.177. The number of hydrogen-bond acceptors (Lipinski definition) is 5. The molecule has 34 heavy (non-hydrogen) atoms. The third kappa shape index (κ3) is 4.84. The molecule has 1 N–H and O–H groups in total. The zero-order chi connectivity index (χ0) is 24.5. The summed E-state index contributed by atoms with van der Waals surface area (Å²) in [7, 11) is -2.44. The van der Waals surface area contributed by atoms with Crippen LogP contribution in [-0.4, -0.2) is 32.4 Å². The summed E-state index contributed by atoms with van der Waals surface area (Å²) in [5, 5.41) is 0. The maximum atomic E-state index is 13.9. The van der Waals surface area contributed by atoms with Gasteiger partial charge in [0.1, 0.15) is 17.3 Å². The van der Waals surface area contributed by atoms with E-state index in [9.17, 15) is 17.6 Å². The second-order valence-corrected chi connectivity index (χ2v) is 9.79. The fraction of sp³-hybridized carbons (Fsp3) is 0.240. The topological polar surface area (TPSA) is 84.9 Å². The van der Waals surface area contributed by atoms with Gasteiger partial charge < -0.3 is 14.4 Å². The van der Waals surface area contributed by atoms with Crippen molar-refractivity contribution in [3.63, 3.8) is 0 Å². The molecular formula is C25H25FN2O5S. The number of hydrogen-bond donors (Lipinski definition) is 1. The van der Waals surface area contributed by atoms with Crippen LogP contribution in [0.2, 0.25) is 0 Å². The van der Waals surface area contributed by atoms with E-state index in [4.69, 9.17) is 9.47 Å². The van der Waals surface area contributed by atoms with Crippen LogP contribution in [0.1, 0.15) is 23.6 Å². The summed E-state index contributed by atoms with van der Waals surface area (Å²) in [5.74, 6) is 0.366. The van der Waals surface area contributed by atoms with E-state index in [0.717, 1.165) is 11.6 Å². The monoisotopic (exact) mass is 484 g/mol. The van der Waals surface area contributed by atoms with Gasteiger partial charge in [0.15, 0.2) is 6.10 Å². The number of fused-ring (bicyclic) bond motifs is 1. The Labute approximate surface area is 198 Å². The fourth-order valence-corrected chi connectivity index (χ4v) is 4.85. The van der Waals surface area contributed by atoms with Crippen molar-refractivity contribution in [2.75, 3.05) is 11.8 Å². The van der Waals surface area contributed by atoms with Gasteiger partial charge in [0.25, 0.3) is 15.9 Å². The number of anilines is 1. The zero-order valence-electron chi connectivity index (χ0n) is 19.0.